The van der Waals surface area contributed by atoms with Crippen LogP contribution in [0.25, 0.3) is 0 Å². The lowest BCUT2D eigenvalue weighted by Crippen LogP contribution is -2.12. The summed E-state index contributed by atoms with van der Waals surface area (Å²) in [7, 11) is 0. The number of hydrogen-bond donors (Lipinski definition) is 1. The van der Waals surface area contributed by atoms with E-state index < -0.39 is 5.97 Å². The lowest BCUT2D eigenvalue weighted by Gasteiger charge is -2.09. The molecular formula is C18H28O3. The van der Waals surface area contributed by atoms with E-state index >= 15 is 0 Å². The van der Waals surface area contributed by atoms with Crippen molar-refractivity contribution >= 4 is 5.97 Å². The Kier molecular flexibility index (Phi) is 8.56. The molecule has 21 heavy (non-hydrogen) atoms. The van der Waals surface area contributed by atoms with Gasteiger partial charge in [0.05, 0.1) is 12.5 Å². The van der Waals surface area contributed by atoms with Crippen LogP contribution < -0.4 is 4.74 Å². The lowest BCUT2D eigenvalue weighted by atomic mass is 10.0. The number of carboxylic acid groups (broad SMARTS) is 1. The molecule has 118 valence electrons. The molecule has 0 fully saturated rings. The summed E-state index contributed by atoms with van der Waals surface area (Å²) in [6, 6.07) is 7.77. The summed E-state index contributed by atoms with van der Waals surface area (Å²) in [5.74, 6) is -0.228. The van der Waals surface area contributed by atoms with Gasteiger partial charge in [0.25, 0.3) is 0 Å². The van der Waals surface area contributed by atoms with Gasteiger partial charge in [-0.25, -0.2) is 0 Å². The second-order valence-corrected chi connectivity index (χ2v) is 5.70. The molecule has 1 N–H and O–H groups in total. The van der Waals surface area contributed by atoms with E-state index in [1.807, 2.05) is 24.3 Å². The molecule has 0 amide bonds. The predicted molar refractivity (Wildman–Crippen MR) is 85.8 cm³/mol. The van der Waals surface area contributed by atoms with Crippen LogP contribution in [0.1, 0.15) is 57.9 Å². The highest BCUT2D eigenvalue weighted by atomic mass is 16.5. The molecule has 0 saturated heterocycles. The van der Waals surface area contributed by atoms with E-state index in [0.717, 1.165) is 24.3 Å². The molecule has 1 atom stereocenters. The first-order valence-corrected chi connectivity index (χ1v) is 8.08. The molecule has 1 aromatic rings. The van der Waals surface area contributed by atoms with E-state index in [1.54, 1.807) is 6.92 Å². The number of carbonyl (C=O) groups is 1. The maximum Gasteiger partial charge on any atom is 0.306 e. The molecule has 0 aliphatic heterocycles. The van der Waals surface area contributed by atoms with Crippen molar-refractivity contribution in [3.05, 3.63) is 29.8 Å². The number of ether oxygens (including phenoxy) is 1. The van der Waals surface area contributed by atoms with E-state index in [2.05, 4.69) is 6.92 Å². The highest BCUT2D eigenvalue weighted by Gasteiger charge is 2.11. The zero-order valence-corrected chi connectivity index (χ0v) is 13.3. The summed E-state index contributed by atoms with van der Waals surface area (Å²) in [6.45, 7) is 4.71. The second-order valence-electron chi connectivity index (χ2n) is 5.70. The number of rotatable bonds is 11. The molecule has 1 unspecified atom stereocenters. The summed E-state index contributed by atoms with van der Waals surface area (Å²) >= 11 is 0. The molecule has 0 aliphatic rings. The average molecular weight is 292 g/mol. The molecule has 0 spiro atoms. The van der Waals surface area contributed by atoms with Gasteiger partial charge in [-0.15, -0.1) is 0 Å². The Hall–Kier alpha value is -1.51. The molecule has 3 nitrogen and oxygen atoms in total. The van der Waals surface area contributed by atoms with Gasteiger partial charge in [-0.2, -0.15) is 0 Å². The third-order valence-corrected chi connectivity index (χ3v) is 3.65. The lowest BCUT2D eigenvalue weighted by molar-refractivity contribution is -0.141. The second kappa shape index (κ2) is 10.3. The first kappa shape index (κ1) is 17.5. The molecule has 1 rings (SSSR count). The van der Waals surface area contributed by atoms with Crippen LogP contribution in [-0.2, 0) is 11.2 Å². The van der Waals surface area contributed by atoms with Crippen molar-refractivity contribution in [2.75, 3.05) is 6.61 Å². The maximum absolute atomic E-state index is 10.8. The van der Waals surface area contributed by atoms with Crippen LogP contribution in [0.2, 0.25) is 0 Å². The van der Waals surface area contributed by atoms with Gasteiger partial charge < -0.3 is 9.84 Å². The van der Waals surface area contributed by atoms with Crippen molar-refractivity contribution in [2.45, 2.75) is 58.8 Å². The first-order valence-electron chi connectivity index (χ1n) is 8.08. The van der Waals surface area contributed by atoms with E-state index in [9.17, 15) is 4.79 Å². The fourth-order valence-corrected chi connectivity index (χ4v) is 2.24. The van der Waals surface area contributed by atoms with Crippen LogP contribution in [0.15, 0.2) is 24.3 Å². The normalized spacial score (nSPS) is 12.1. The first-order chi connectivity index (χ1) is 10.1. The van der Waals surface area contributed by atoms with Crippen LogP contribution >= 0.6 is 0 Å². The quantitative estimate of drug-likeness (QED) is 0.602. The Morgan fingerprint density at radius 2 is 1.71 bits per heavy atom. The maximum atomic E-state index is 10.8. The van der Waals surface area contributed by atoms with Crippen molar-refractivity contribution in [3.63, 3.8) is 0 Å². The number of aliphatic carboxylic acids is 1. The molecule has 0 radical (unpaired) electrons. The average Bonchev–Trinajstić information content (AvgIpc) is 2.48. The highest BCUT2D eigenvalue weighted by molar-refractivity contribution is 5.69. The highest BCUT2D eigenvalue weighted by Crippen LogP contribution is 2.16. The minimum atomic E-state index is -0.751. The van der Waals surface area contributed by atoms with Crippen molar-refractivity contribution < 1.29 is 14.6 Å². The SMILES string of the molecule is CCCCCCCCOc1ccc(CC(C)C(=O)O)cc1. The molecule has 0 bridgehead atoms. The summed E-state index contributed by atoms with van der Waals surface area (Å²) in [5, 5.41) is 8.89. The van der Waals surface area contributed by atoms with E-state index in [1.165, 1.54) is 32.1 Å². The third-order valence-electron chi connectivity index (χ3n) is 3.65. The van der Waals surface area contributed by atoms with E-state index in [-0.39, 0.29) is 5.92 Å². The minimum absolute atomic E-state index is 0.347. The van der Waals surface area contributed by atoms with E-state index in [4.69, 9.17) is 9.84 Å². The Morgan fingerprint density at radius 3 is 2.33 bits per heavy atom. The van der Waals surface area contributed by atoms with Crippen LogP contribution in [0.4, 0.5) is 0 Å². The van der Waals surface area contributed by atoms with Crippen LogP contribution in [0, 0.1) is 5.92 Å². The molecule has 0 heterocycles. The summed E-state index contributed by atoms with van der Waals surface area (Å²) in [4.78, 5) is 10.8. The van der Waals surface area contributed by atoms with E-state index in [0.29, 0.717) is 6.42 Å². The Bertz CT molecular complexity index is 397. The van der Waals surface area contributed by atoms with Crippen LogP contribution in [0.5, 0.6) is 5.75 Å². The third kappa shape index (κ3) is 7.74. The fourth-order valence-electron chi connectivity index (χ4n) is 2.24. The summed E-state index contributed by atoms with van der Waals surface area (Å²) in [5.41, 5.74) is 1.04. The van der Waals surface area contributed by atoms with Gasteiger partial charge in [0.1, 0.15) is 5.75 Å². The fraction of sp³-hybridized carbons (Fsp3) is 0.611. The number of carboxylic acids is 1. The topological polar surface area (TPSA) is 46.5 Å². The van der Waals surface area contributed by atoms with Gasteiger partial charge in [-0.1, -0.05) is 58.1 Å². The van der Waals surface area contributed by atoms with Gasteiger partial charge in [-0.3, -0.25) is 4.79 Å². The van der Waals surface area contributed by atoms with Crippen molar-refractivity contribution in [3.8, 4) is 5.75 Å². The number of unbranched alkanes of at least 4 members (excludes halogenated alkanes) is 5. The molecular weight excluding hydrogens is 264 g/mol. The number of hydrogen-bond acceptors (Lipinski definition) is 2. The molecule has 0 saturated carbocycles. The van der Waals surface area contributed by atoms with Crippen molar-refractivity contribution in [2.24, 2.45) is 5.92 Å². The zero-order chi connectivity index (χ0) is 15.5. The smallest absolute Gasteiger partial charge is 0.306 e. The molecule has 3 heteroatoms. The number of benzene rings is 1. The van der Waals surface area contributed by atoms with Gasteiger partial charge in [-0.05, 0) is 30.5 Å². The minimum Gasteiger partial charge on any atom is -0.494 e. The van der Waals surface area contributed by atoms with Crippen LogP contribution in [-0.4, -0.2) is 17.7 Å². The van der Waals surface area contributed by atoms with Gasteiger partial charge in [0.2, 0.25) is 0 Å². The standard InChI is InChI=1S/C18H28O3/c1-3-4-5-6-7-8-13-21-17-11-9-16(10-12-17)14-15(2)18(19)20/h9-12,15H,3-8,13-14H2,1-2H3,(H,19,20). The summed E-state index contributed by atoms with van der Waals surface area (Å²) in [6.07, 6.45) is 8.12. The molecule has 0 aliphatic carbocycles. The monoisotopic (exact) mass is 292 g/mol. The van der Waals surface area contributed by atoms with Gasteiger partial charge in [0, 0.05) is 0 Å². The Balaban J connectivity index is 2.20. The van der Waals surface area contributed by atoms with Crippen LogP contribution in [0.3, 0.4) is 0 Å². The zero-order valence-electron chi connectivity index (χ0n) is 13.3. The molecule has 1 aromatic carbocycles. The summed E-state index contributed by atoms with van der Waals surface area (Å²) < 4.78 is 5.70. The van der Waals surface area contributed by atoms with Gasteiger partial charge in [0.15, 0.2) is 0 Å². The predicted octanol–water partition coefficient (Wildman–Crippen LogP) is 4.69. The largest absolute Gasteiger partial charge is 0.494 e. The Labute approximate surface area is 128 Å². The van der Waals surface area contributed by atoms with Crippen molar-refractivity contribution in [1.82, 2.24) is 0 Å². The van der Waals surface area contributed by atoms with Crippen molar-refractivity contribution in [1.29, 1.82) is 0 Å². The molecule has 0 aromatic heterocycles. The Morgan fingerprint density at radius 1 is 1.10 bits per heavy atom. The van der Waals surface area contributed by atoms with Gasteiger partial charge >= 0.3 is 5.97 Å².